The lowest BCUT2D eigenvalue weighted by atomic mass is 10.3. The SMILES string of the molecule is CC(NCCCF)c1nccs1. The van der Waals surface area contributed by atoms with Crippen LogP contribution in [0, 0.1) is 0 Å². The summed E-state index contributed by atoms with van der Waals surface area (Å²) < 4.78 is 11.7. The Morgan fingerprint density at radius 2 is 2.58 bits per heavy atom. The molecule has 0 amide bonds. The molecule has 1 heterocycles. The van der Waals surface area contributed by atoms with Crippen molar-refractivity contribution in [2.24, 2.45) is 0 Å². The Kier molecular flexibility index (Phi) is 4.18. The van der Waals surface area contributed by atoms with Crippen molar-refractivity contribution in [2.45, 2.75) is 19.4 Å². The maximum atomic E-state index is 11.7. The average molecular weight is 188 g/mol. The van der Waals surface area contributed by atoms with Crippen LogP contribution in [0.1, 0.15) is 24.4 Å². The minimum Gasteiger partial charge on any atom is -0.308 e. The van der Waals surface area contributed by atoms with Gasteiger partial charge in [-0.25, -0.2) is 4.98 Å². The predicted molar refractivity (Wildman–Crippen MR) is 49.1 cm³/mol. The van der Waals surface area contributed by atoms with Gasteiger partial charge in [0.05, 0.1) is 12.7 Å². The van der Waals surface area contributed by atoms with Gasteiger partial charge in [-0.15, -0.1) is 11.3 Å². The number of halogens is 1. The molecule has 2 nitrogen and oxygen atoms in total. The Labute approximate surface area is 75.8 Å². The third-order valence-corrected chi connectivity index (χ3v) is 2.54. The second-order valence-electron chi connectivity index (χ2n) is 2.59. The molecule has 1 atom stereocenters. The van der Waals surface area contributed by atoms with Crippen molar-refractivity contribution < 1.29 is 4.39 Å². The van der Waals surface area contributed by atoms with Gasteiger partial charge in [-0.1, -0.05) is 0 Å². The van der Waals surface area contributed by atoms with Crippen molar-refractivity contribution >= 4 is 11.3 Å². The van der Waals surface area contributed by atoms with Crippen molar-refractivity contribution in [3.05, 3.63) is 16.6 Å². The first-order chi connectivity index (χ1) is 5.84. The van der Waals surface area contributed by atoms with E-state index >= 15 is 0 Å². The maximum Gasteiger partial charge on any atom is 0.109 e. The quantitative estimate of drug-likeness (QED) is 0.716. The summed E-state index contributed by atoms with van der Waals surface area (Å²) in [7, 11) is 0. The Hall–Kier alpha value is -0.480. The van der Waals surface area contributed by atoms with Gasteiger partial charge in [-0.3, -0.25) is 4.39 Å². The highest BCUT2D eigenvalue weighted by molar-refractivity contribution is 7.09. The van der Waals surface area contributed by atoms with Crippen molar-refractivity contribution in [3.8, 4) is 0 Å². The topological polar surface area (TPSA) is 24.9 Å². The lowest BCUT2D eigenvalue weighted by Crippen LogP contribution is -2.19. The van der Waals surface area contributed by atoms with E-state index in [4.69, 9.17) is 0 Å². The van der Waals surface area contributed by atoms with E-state index in [9.17, 15) is 4.39 Å². The van der Waals surface area contributed by atoms with E-state index in [-0.39, 0.29) is 12.7 Å². The Morgan fingerprint density at radius 3 is 3.17 bits per heavy atom. The van der Waals surface area contributed by atoms with Crippen LogP contribution in [0.25, 0.3) is 0 Å². The van der Waals surface area contributed by atoms with Crippen LogP contribution in [-0.2, 0) is 0 Å². The summed E-state index contributed by atoms with van der Waals surface area (Å²) >= 11 is 1.62. The summed E-state index contributed by atoms with van der Waals surface area (Å²) in [4.78, 5) is 4.16. The van der Waals surface area contributed by atoms with Crippen LogP contribution in [0.4, 0.5) is 4.39 Å². The molecule has 1 rings (SSSR count). The van der Waals surface area contributed by atoms with Crippen molar-refractivity contribution in [2.75, 3.05) is 13.2 Å². The number of nitrogens with one attached hydrogen (secondary N) is 1. The highest BCUT2D eigenvalue weighted by Crippen LogP contribution is 2.13. The molecule has 4 heteroatoms. The van der Waals surface area contributed by atoms with Crippen LogP contribution >= 0.6 is 11.3 Å². The number of alkyl halides is 1. The molecular weight excluding hydrogens is 175 g/mol. The van der Waals surface area contributed by atoms with Crippen LogP contribution in [0.3, 0.4) is 0 Å². The van der Waals surface area contributed by atoms with Crippen LogP contribution in [0.2, 0.25) is 0 Å². The van der Waals surface area contributed by atoms with Gasteiger partial charge in [-0.05, 0) is 19.9 Å². The molecule has 1 aromatic heterocycles. The molecule has 0 aromatic carbocycles. The summed E-state index contributed by atoms with van der Waals surface area (Å²) in [5.74, 6) is 0. The molecule has 1 aromatic rings. The molecule has 0 aliphatic carbocycles. The first kappa shape index (κ1) is 9.61. The number of hydrogen-bond donors (Lipinski definition) is 1. The van der Waals surface area contributed by atoms with Gasteiger partial charge >= 0.3 is 0 Å². The van der Waals surface area contributed by atoms with Gasteiger partial charge in [0, 0.05) is 11.6 Å². The second-order valence-corrected chi connectivity index (χ2v) is 3.51. The molecule has 1 N–H and O–H groups in total. The summed E-state index contributed by atoms with van der Waals surface area (Å²) in [6.07, 6.45) is 2.36. The van der Waals surface area contributed by atoms with E-state index in [0.29, 0.717) is 6.42 Å². The average Bonchev–Trinajstić information content (AvgIpc) is 2.56. The van der Waals surface area contributed by atoms with Gasteiger partial charge in [0.15, 0.2) is 0 Å². The number of aromatic nitrogens is 1. The van der Waals surface area contributed by atoms with E-state index < -0.39 is 0 Å². The minimum atomic E-state index is -0.252. The first-order valence-corrected chi connectivity index (χ1v) is 4.91. The van der Waals surface area contributed by atoms with E-state index in [1.54, 1.807) is 17.5 Å². The highest BCUT2D eigenvalue weighted by Gasteiger charge is 2.05. The van der Waals surface area contributed by atoms with Gasteiger partial charge in [-0.2, -0.15) is 0 Å². The van der Waals surface area contributed by atoms with Gasteiger partial charge in [0.25, 0.3) is 0 Å². The van der Waals surface area contributed by atoms with E-state index in [0.717, 1.165) is 11.6 Å². The fourth-order valence-corrected chi connectivity index (χ4v) is 1.59. The van der Waals surface area contributed by atoms with Crippen molar-refractivity contribution in [1.29, 1.82) is 0 Å². The Balaban J connectivity index is 2.25. The summed E-state index contributed by atoms with van der Waals surface area (Å²) in [6.45, 7) is 2.51. The fraction of sp³-hybridized carbons (Fsp3) is 0.625. The lowest BCUT2D eigenvalue weighted by molar-refractivity contribution is 0.445. The zero-order chi connectivity index (χ0) is 8.81. The minimum absolute atomic E-state index is 0.247. The van der Waals surface area contributed by atoms with E-state index in [2.05, 4.69) is 10.3 Å². The molecule has 0 spiro atoms. The Bertz CT molecular complexity index is 201. The van der Waals surface area contributed by atoms with Gasteiger partial charge in [0.1, 0.15) is 5.01 Å². The molecule has 0 bridgehead atoms. The standard InChI is InChI=1S/C8H13FN2S/c1-7(10-4-2-3-9)8-11-5-6-12-8/h5-7,10H,2-4H2,1H3. The normalized spacial score (nSPS) is 13.2. The maximum absolute atomic E-state index is 11.7. The largest absolute Gasteiger partial charge is 0.308 e. The van der Waals surface area contributed by atoms with Gasteiger partial charge in [0.2, 0.25) is 0 Å². The molecule has 68 valence electrons. The van der Waals surface area contributed by atoms with Crippen LogP contribution in [0.15, 0.2) is 11.6 Å². The molecule has 1 unspecified atom stereocenters. The molecule has 0 saturated carbocycles. The molecule has 0 aliphatic heterocycles. The number of nitrogens with zero attached hydrogens (tertiary/aromatic N) is 1. The first-order valence-electron chi connectivity index (χ1n) is 4.03. The van der Waals surface area contributed by atoms with Crippen molar-refractivity contribution in [1.82, 2.24) is 10.3 Å². The molecular formula is C8H13FN2S. The summed E-state index contributed by atoms with van der Waals surface area (Å²) in [5, 5.41) is 6.20. The zero-order valence-electron chi connectivity index (χ0n) is 7.09. The summed E-state index contributed by atoms with van der Waals surface area (Å²) in [5.41, 5.74) is 0. The lowest BCUT2D eigenvalue weighted by Gasteiger charge is -2.09. The molecule has 12 heavy (non-hydrogen) atoms. The highest BCUT2D eigenvalue weighted by atomic mass is 32.1. The smallest absolute Gasteiger partial charge is 0.109 e. The van der Waals surface area contributed by atoms with Crippen LogP contribution in [0.5, 0.6) is 0 Å². The van der Waals surface area contributed by atoms with Gasteiger partial charge < -0.3 is 5.32 Å². The van der Waals surface area contributed by atoms with Crippen LogP contribution in [-0.4, -0.2) is 18.2 Å². The fourth-order valence-electron chi connectivity index (χ4n) is 0.921. The third kappa shape index (κ3) is 2.87. The van der Waals surface area contributed by atoms with Crippen molar-refractivity contribution in [3.63, 3.8) is 0 Å². The molecule has 0 radical (unpaired) electrons. The number of rotatable bonds is 5. The molecule has 0 saturated heterocycles. The van der Waals surface area contributed by atoms with E-state index in [1.807, 2.05) is 12.3 Å². The molecule has 0 fully saturated rings. The number of hydrogen-bond acceptors (Lipinski definition) is 3. The molecule has 0 aliphatic rings. The second kappa shape index (κ2) is 5.22. The zero-order valence-corrected chi connectivity index (χ0v) is 7.90. The predicted octanol–water partition coefficient (Wildman–Crippen LogP) is 2.15. The number of thiazole rings is 1. The third-order valence-electron chi connectivity index (χ3n) is 1.58. The van der Waals surface area contributed by atoms with E-state index in [1.165, 1.54) is 0 Å². The summed E-state index contributed by atoms with van der Waals surface area (Å²) in [6, 6.07) is 0.247. The Morgan fingerprint density at radius 1 is 1.75 bits per heavy atom. The monoisotopic (exact) mass is 188 g/mol. The van der Waals surface area contributed by atoms with Crippen LogP contribution < -0.4 is 5.32 Å².